The molecule has 132 valence electrons. The van der Waals surface area contributed by atoms with Gasteiger partial charge in [-0.3, -0.25) is 4.79 Å². The van der Waals surface area contributed by atoms with Crippen molar-refractivity contribution in [1.29, 1.82) is 0 Å². The fourth-order valence-electron chi connectivity index (χ4n) is 4.67. The van der Waals surface area contributed by atoms with Crippen molar-refractivity contribution in [2.45, 2.75) is 59.7 Å². The van der Waals surface area contributed by atoms with E-state index >= 15 is 0 Å². The molecule has 1 heterocycles. The lowest BCUT2D eigenvalue weighted by Gasteiger charge is -2.51. The fourth-order valence-corrected chi connectivity index (χ4v) is 4.67. The summed E-state index contributed by atoms with van der Waals surface area (Å²) < 4.78 is 11.7. The molecule has 3 rings (SSSR count). The molecule has 24 heavy (non-hydrogen) atoms. The molecule has 0 amide bonds. The molecule has 0 spiro atoms. The van der Waals surface area contributed by atoms with Gasteiger partial charge in [0.25, 0.3) is 0 Å². The third-order valence-electron chi connectivity index (χ3n) is 5.99. The van der Waals surface area contributed by atoms with Gasteiger partial charge >= 0.3 is 5.97 Å². The summed E-state index contributed by atoms with van der Waals surface area (Å²) in [6, 6.07) is 6.72. The van der Waals surface area contributed by atoms with Gasteiger partial charge in [-0.25, -0.2) is 0 Å². The predicted molar refractivity (Wildman–Crippen MR) is 94.7 cm³/mol. The summed E-state index contributed by atoms with van der Waals surface area (Å²) in [6.45, 7) is 11.0. The molecular formula is C21H30O3. The van der Waals surface area contributed by atoms with E-state index in [0.29, 0.717) is 5.92 Å². The monoisotopic (exact) mass is 330 g/mol. The van der Waals surface area contributed by atoms with Crippen LogP contribution < -0.4 is 0 Å². The lowest BCUT2D eigenvalue weighted by atomic mass is 9.60. The molecule has 2 aliphatic rings. The zero-order chi connectivity index (χ0) is 17.6. The Balaban J connectivity index is 2.03. The first-order valence-electron chi connectivity index (χ1n) is 9.07. The number of methoxy groups -OCH3 is 1. The second kappa shape index (κ2) is 6.18. The van der Waals surface area contributed by atoms with E-state index in [1.165, 1.54) is 23.8 Å². The Morgan fingerprint density at radius 1 is 1.33 bits per heavy atom. The maximum atomic E-state index is 12.4. The van der Waals surface area contributed by atoms with E-state index in [1.807, 2.05) is 0 Å². The third kappa shape index (κ3) is 2.88. The topological polar surface area (TPSA) is 35.5 Å². The summed E-state index contributed by atoms with van der Waals surface area (Å²) in [5.41, 5.74) is 4.10. The number of ether oxygens (including phenoxy) is 2. The van der Waals surface area contributed by atoms with E-state index < -0.39 is 0 Å². The van der Waals surface area contributed by atoms with Gasteiger partial charge in [0.15, 0.2) is 0 Å². The van der Waals surface area contributed by atoms with Crippen molar-refractivity contribution in [3.05, 3.63) is 34.9 Å². The lowest BCUT2D eigenvalue weighted by molar-refractivity contribution is -0.187. The molecule has 0 saturated carbocycles. The van der Waals surface area contributed by atoms with E-state index in [9.17, 15) is 4.79 Å². The molecule has 1 aliphatic heterocycles. The first-order chi connectivity index (χ1) is 11.2. The van der Waals surface area contributed by atoms with E-state index in [0.717, 1.165) is 12.8 Å². The third-order valence-corrected chi connectivity index (χ3v) is 5.99. The van der Waals surface area contributed by atoms with Crippen molar-refractivity contribution in [3.8, 4) is 0 Å². The predicted octanol–water partition coefficient (Wildman–Crippen LogP) is 4.47. The normalized spacial score (nSPS) is 31.3. The summed E-state index contributed by atoms with van der Waals surface area (Å²) in [7, 11) is 1.48. The summed E-state index contributed by atoms with van der Waals surface area (Å²) in [5, 5.41) is 0. The van der Waals surface area contributed by atoms with E-state index in [1.54, 1.807) is 0 Å². The fraction of sp³-hybridized carbons (Fsp3) is 0.667. The van der Waals surface area contributed by atoms with Crippen molar-refractivity contribution in [2.75, 3.05) is 7.11 Å². The average Bonchev–Trinajstić information content (AvgIpc) is 2.53. The van der Waals surface area contributed by atoms with Crippen LogP contribution in [0.25, 0.3) is 0 Å². The van der Waals surface area contributed by atoms with Crippen molar-refractivity contribution in [2.24, 2.45) is 23.2 Å². The Kier molecular flexibility index (Phi) is 4.50. The largest absolute Gasteiger partial charge is 0.469 e. The number of carbonyl (C=O) groups is 1. The molecule has 1 saturated heterocycles. The molecule has 0 unspecified atom stereocenters. The van der Waals surface area contributed by atoms with E-state index in [-0.39, 0.29) is 35.4 Å². The van der Waals surface area contributed by atoms with Crippen LogP contribution in [0.3, 0.4) is 0 Å². The SMILES string of the molecule is COC(=O)[C@H]1C[C@H]2[C@H](O[C@H]1C(C)C)c1cc(C)ccc1CC2(C)C. The molecule has 1 aromatic carbocycles. The minimum absolute atomic E-state index is 0.0805. The lowest BCUT2D eigenvalue weighted by Crippen LogP contribution is -2.49. The zero-order valence-electron chi connectivity index (χ0n) is 15.8. The maximum absolute atomic E-state index is 12.4. The van der Waals surface area contributed by atoms with Gasteiger partial charge in [-0.1, -0.05) is 51.5 Å². The van der Waals surface area contributed by atoms with Crippen molar-refractivity contribution < 1.29 is 14.3 Å². The maximum Gasteiger partial charge on any atom is 0.311 e. The zero-order valence-corrected chi connectivity index (χ0v) is 15.8. The molecule has 0 radical (unpaired) electrons. The number of rotatable bonds is 2. The number of esters is 1. The molecule has 0 N–H and O–H groups in total. The van der Waals surface area contributed by atoms with Crippen LogP contribution in [0.2, 0.25) is 0 Å². The number of aryl methyl sites for hydroxylation is 1. The first-order valence-corrected chi connectivity index (χ1v) is 9.07. The molecule has 1 aromatic rings. The smallest absolute Gasteiger partial charge is 0.311 e. The second-order valence-corrected chi connectivity index (χ2v) is 8.60. The van der Waals surface area contributed by atoms with Gasteiger partial charge in [0, 0.05) is 0 Å². The minimum atomic E-state index is -0.165. The Morgan fingerprint density at radius 2 is 2.04 bits per heavy atom. The van der Waals surface area contributed by atoms with Crippen LogP contribution in [0.15, 0.2) is 18.2 Å². The van der Waals surface area contributed by atoms with Gasteiger partial charge in [-0.05, 0) is 48.1 Å². The highest BCUT2D eigenvalue weighted by molar-refractivity contribution is 5.73. The Bertz CT molecular complexity index is 632. The Hall–Kier alpha value is -1.35. The minimum Gasteiger partial charge on any atom is -0.469 e. The van der Waals surface area contributed by atoms with Crippen LogP contribution in [0, 0.1) is 30.1 Å². The summed E-state index contributed by atoms with van der Waals surface area (Å²) >= 11 is 0. The highest BCUT2D eigenvalue weighted by Gasteiger charge is 2.51. The van der Waals surface area contributed by atoms with Gasteiger partial charge < -0.3 is 9.47 Å². The summed E-state index contributed by atoms with van der Waals surface area (Å²) in [4.78, 5) is 12.4. The molecule has 3 heteroatoms. The summed E-state index contributed by atoms with van der Waals surface area (Å²) in [5.74, 6) is 0.333. The van der Waals surface area contributed by atoms with E-state index in [2.05, 4.69) is 52.8 Å². The number of carbonyl (C=O) groups excluding carboxylic acids is 1. The molecule has 1 aliphatic carbocycles. The highest BCUT2D eigenvalue weighted by atomic mass is 16.5. The van der Waals surface area contributed by atoms with Gasteiger partial charge in [0.1, 0.15) is 0 Å². The quantitative estimate of drug-likeness (QED) is 0.751. The van der Waals surface area contributed by atoms with Crippen LogP contribution in [-0.4, -0.2) is 19.2 Å². The van der Waals surface area contributed by atoms with Gasteiger partial charge in [0.2, 0.25) is 0 Å². The number of hydrogen-bond donors (Lipinski definition) is 0. The Labute approximate surface area is 145 Å². The number of fused-ring (bicyclic) bond motifs is 3. The number of hydrogen-bond acceptors (Lipinski definition) is 3. The van der Waals surface area contributed by atoms with Gasteiger partial charge in [0.05, 0.1) is 25.2 Å². The van der Waals surface area contributed by atoms with Crippen LogP contribution in [-0.2, 0) is 20.7 Å². The standard InChI is InChI=1S/C21H30O3/c1-12(2)18-16(20(22)23-6)10-17-19(24-18)15-9-13(3)7-8-14(15)11-21(17,4)5/h7-9,12,16-19H,10-11H2,1-6H3/t16-,17-,18-,19+/m0/s1. The first kappa shape index (κ1) is 17.5. The molecule has 3 nitrogen and oxygen atoms in total. The highest BCUT2D eigenvalue weighted by Crippen LogP contribution is 2.54. The van der Waals surface area contributed by atoms with Gasteiger partial charge in [-0.15, -0.1) is 0 Å². The van der Waals surface area contributed by atoms with Crippen molar-refractivity contribution in [1.82, 2.24) is 0 Å². The van der Waals surface area contributed by atoms with Crippen LogP contribution in [0.4, 0.5) is 0 Å². The van der Waals surface area contributed by atoms with Crippen LogP contribution in [0.5, 0.6) is 0 Å². The van der Waals surface area contributed by atoms with Gasteiger partial charge in [-0.2, -0.15) is 0 Å². The van der Waals surface area contributed by atoms with Crippen LogP contribution in [0.1, 0.15) is 56.9 Å². The average molecular weight is 330 g/mol. The second-order valence-electron chi connectivity index (χ2n) is 8.60. The summed E-state index contributed by atoms with van der Waals surface area (Å²) in [6.07, 6.45) is 1.88. The molecule has 4 atom stereocenters. The molecule has 1 fully saturated rings. The molecular weight excluding hydrogens is 300 g/mol. The number of benzene rings is 1. The molecule has 0 aromatic heterocycles. The van der Waals surface area contributed by atoms with E-state index in [4.69, 9.17) is 9.47 Å². The van der Waals surface area contributed by atoms with Crippen molar-refractivity contribution in [3.63, 3.8) is 0 Å². The Morgan fingerprint density at radius 3 is 2.67 bits per heavy atom. The van der Waals surface area contributed by atoms with Crippen molar-refractivity contribution >= 4 is 5.97 Å². The molecule has 0 bridgehead atoms. The van der Waals surface area contributed by atoms with Crippen LogP contribution >= 0.6 is 0 Å².